The smallest absolute Gasteiger partial charge is 0.105 e. The van der Waals surface area contributed by atoms with Crippen molar-refractivity contribution < 1.29 is 4.42 Å². The SMILES string of the molecule is CCC1CN(C(C)c2cc(C)oc2C)C(C(C)C)CN1. The fourth-order valence-electron chi connectivity index (χ4n) is 3.44. The second-order valence-electron chi connectivity index (χ2n) is 6.57. The van der Waals surface area contributed by atoms with E-state index in [4.69, 9.17) is 4.42 Å². The van der Waals surface area contributed by atoms with E-state index in [1.54, 1.807) is 0 Å². The van der Waals surface area contributed by atoms with E-state index >= 15 is 0 Å². The Kier molecular flexibility index (Phi) is 4.92. The highest BCUT2D eigenvalue weighted by molar-refractivity contribution is 5.24. The summed E-state index contributed by atoms with van der Waals surface area (Å²) < 4.78 is 5.73. The summed E-state index contributed by atoms with van der Waals surface area (Å²) in [6, 6.07) is 3.85. The van der Waals surface area contributed by atoms with Crippen LogP contribution in [0.4, 0.5) is 0 Å². The second-order valence-corrected chi connectivity index (χ2v) is 6.57. The Labute approximate surface area is 123 Å². The lowest BCUT2D eigenvalue weighted by Crippen LogP contribution is -2.58. The molecule has 1 fully saturated rings. The van der Waals surface area contributed by atoms with Crippen LogP contribution in [-0.2, 0) is 0 Å². The van der Waals surface area contributed by atoms with E-state index < -0.39 is 0 Å². The molecule has 0 saturated carbocycles. The molecule has 1 aromatic rings. The molecule has 0 radical (unpaired) electrons. The third-order valence-corrected chi connectivity index (χ3v) is 4.76. The number of nitrogens with one attached hydrogen (secondary N) is 1. The lowest BCUT2D eigenvalue weighted by molar-refractivity contribution is 0.0605. The van der Waals surface area contributed by atoms with Crippen LogP contribution in [0.1, 0.15) is 57.2 Å². The normalized spacial score (nSPS) is 26.1. The Balaban J connectivity index is 2.23. The Morgan fingerprint density at radius 1 is 1.35 bits per heavy atom. The van der Waals surface area contributed by atoms with Gasteiger partial charge in [-0.1, -0.05) is 20.8 Å². The van der Waals surface area contributed by atoms with Gasteiger partial charge in [0.25, 0.3) is 0 Å². The van der Waals surface area contributed by atoms with Gasteiger partial charge in [-0.05, 0) is 39.2 Å². The molecule has 1 aromatic heterocycles. The van der Waals surface area contributed by atoms with E-state index in [0.29, 0.717) is 24.0 Å². The number of piperazine rings is 1. The van der Waals surface area contributed by atoms with Gasteiger partial charge in [-0.15, -0.1) is 0 Å². The lowest BCUT2D eigenvalue weighted by Gasteiger charge is -2.45. The minimum absolute atomic E-state index is 0.427. The average Bonchev–Trinajstić information content (AvgIpc) is 2.76. The number of hydrogen-bond donors (Lipinski definition) is 1. The predicted molar refractivity (Wildman–Crippen MR) is 84.0 cm³/mol. The van der Waals surface area contributed by atoms with E-state index in [2.05, 4.69) is 50.9 Å². The van der Waals surface area contributed by atoms with Gasteiger partial charge in [0, 0.05) is 36.8 Å². The third kappa shape index (κ3) is 3.09. The number of aryl methyl sites for hydroxylation is 2. The molecule has 114 valence electrons. The lowest BCUT2D eigenvalue weighted by atomic mass is 9.94. The molecule has 0 aliphatic carbocycles. The summed E-state index contributed by atoms with van der Waals surface area (Å²) in [5.41, 5.74) is 1.35. The molecule has 0 bridgehead atoms. The van der Waals surface area contributed by atoms with E-state index in [-0.39, 0.29) is 0 Å². The number of rotatable bonds is 4. The van der Waals surface area contributed by atoms with Crippen LogP contribution in [0.15, 0.2) is 10.5 Å². The van der Waals surface area contributed by atoms with Gasteiger partial charge in [-0.25, -0.2) is 0 Å². The Morgan fingerprint density at radius 2 is 2.05 bits per heavy atom. The van der Waals surface area contributed by atoms with Gasteiger partial charge in [0.15, 0.2) is 0 Å². The van der Waals surface area contributed by atoms with Crippen molar-refractivity contribution in [2.45, 2.75) is 66.1 Å². The number of hydrogen-bond acceptors (Lipinski definition) is 3. The van der Waals surface area contributed by atoms with Crippen LogP contribution in [0.3, 0.4) is 0 Å². The molecule has 3 heteroatoms. The molecule has 3 atom stereocenters. The van der Waals surface area contributed by atoms with E-state index in [9.17, 15) is 0 Å². The highest BCUT2D eigenvalue weighted by Crippen LogP contribution is 2.31. The Bertz CT molecular complexity index is 438. The van der Waals surface area contributed by atoms with Crippen molar-refractivity contribution in [1.82, 2.24) is 10.2 Å². The molecule has 1 saturated heterocycles. The number of nitrogens with zero attached hydrogens (tertiary/aromatic N) is 1. The Morgan fingerprint density at radius 3 is 2.55 bits per heavy atom. The maximum atomic E-state index is 5.73. The fourth-order valence-corrected chi connectivity index (χ4v) is 3.44. The van der Waals surface area contributed by atoms with Crippen molar-refractivity contribution in [3.05, 3.63) is 23.2 Å². The van der Waals surface area contributed by atoms with Gasteiger partial charge >= 0.3 is 0 Å². The van der Waals surface area contributed by atoms with Crippen LogP contribution in [0.25, 0.3) is 0 Å². The van der Waals surface area contributed by atoms with Crippen LogP contribution in [0.2, 0.25) is 0 Å². The first-order valence-electron chi connectivity index (χ1n) is 8.00. The molecule has 0 aromatic carbocycles. The van der Waals surface area contributed by atoms with Gasteiger partial charge in [0.05, 0.1) is 0 Å². The quantitative estimate of drug-likeness (QED) is 0.911. The first kappa shape index (κ1) is 15.6. The first-order valence-corrected chi connectivity index (χ1v) is 8.00. The molecule has 1 aliphatic heterocycles. The van der Waals surface area contributed by atoms with Crippen molar-refractivity contribution in [2.24, 2.45) is 5.92 Å². The van der Waals surface area contributed by atoms with Crippen LogP contribution in [0, 0.1) is 19.8 Å². The standard InChI is InChI=1S/C17H30N2O/c1-7-15-10-19(17(9-18-15)11(2)3)13(5)16-8-12(4)20-14(16)6/h8,11,13,15,17-18H,7,9-10H2,1-6H3. The minimum Gasteiger partial charge on any atom is -0.466 e. The molecule has 0 spiro atoms. The second kappa shape index (κ2) is 6.31. The highest BCUT2D eigenvalue weighted by Gasteiger charge is 2.33. The fraction of sp³-hybridized carbons (Fsp3) is 0.765. The summed E-state index contributed by atoms with van der Waals surface area (Å²) in [4.78, 5) is 2.67. The van der Waals surface area contributed by atoms with Gasteiger partial charge in [0.2, 0.25) is 0 Å². The largest absolute Gasteiger partial charge is 0.466 e. The van der Waals surface area contributed by atoms with Crippen molar-refractivity contribution in [2.75, 3.05) is 13.1 Å². The zero-order chi connectivity index (χ0) is 14.9. The monoisotopic (exact) mass is 278 g/mol. The van der Waals surface area contributed by atoms with Crippen molar-refractivity contribution in [3.8, 4) is 0 Å². The molecule has 20 heavy (non-hydrogen) atoms. The first-order chi connectivity index (χ1) is 9.43. The van der Waals surface area contributed by atoms with E-state index in [1.807, 2.05) is 6.92 Å². The summed E-state index contributed by atoms with van der Waals surface area (Å²) in [5.74, 6) is 2.76. The molecule has 2 heterocycles. The van der Waals surface area contributed by atoms with Crippen LogP contribution < -0.4 is 5.32 Å². The Hall–Kier alpha value is -0.800. The molecule has 2 rings (SSSR count). The topological polar surface area (TPSA) is 28.4 Å². The van der Waals surface area contributed by atoms with Crippen LogP contribution >= 0.6 is 0 Å². The highest BCUT2D eigenvalue weighted by atomic mass is 16.3. The molecule has 3 unspecified atom stereocenters. The van der Waals surface area contributed by atoms with Gasteiger partial charge in [0.1, 0.15) is 11.5 Å². The van der Waals surface area contributed by atoms with Crippen molar-refractivity contribution in [3.63, 3.8) is 0 Å². The van der Waals surface area contributed by atoms with Crippen LogP contribution in [0.5, 0.6) is 0 Å². The summed E-state index contributed by atoms with van der Waals surface area (Å²) in [6.45, 7) is 15.6. The average molecular weight is 278 g/mol. The molecule has 0 amide bonds. The summed E-state index contributed by atoms with van der Waals surface area (Å²) in [5, 5.41) is 3.69. The van der Waals surface area contributed by atoms with Crippen LogP contribution in [-0.4, -0.2) is 30.1 Å². The summed E-state index contributed by atoms with van der Waals surface area (Å²) in [7, 11) is 0. The molecular formula is C17H30N2O. The van der Waals surface area contributed by atoms with Crippen molar-refractivity contribution in [1.29, 1.82) is 0 Å². The van der Waals surface area contributed by atoms with Gasteiger partial charge in [-0.3, -0.25) is 4.90 Å². The van der Waals surface area contributed by atoms with Crippen molar-refractivity contribution >= 4 is 0 Å². The van der Waals surface area contributed by atoms with Gasteiger partial charge in [-0.2, -0.15) is 0 Å². The third-order valence-electron chi connectivity index (χ3n) is 4.76. The van der Waals surface area contributed by atoms with E-state index in [1.165, 1.54) is 12.0 Å². The zero-order valence-corrected chi connectivity index (χ0v) is 13.9. The molecule has 3 nitrogen and oxygen atoms in total. The summed E-state index contributed by atoms with van der Waals surface area (Å²) >= 11 is 0. The minimum atomic E-state index is 0.427. The molecule has 1 N–H and O–H groups in total. The number of furan rings is 1. The van der Waals surface area contributed by atoms with Gasteiger partial charge < -0.3 is 9.73 Å². The molecule has 1 aliphatic rings. The van der Waals surface area contributed by atoms with E-state index in [0.717, 1.165) is 24.6 Å². The predicted octanol–water partition coefficient (Wildman–Crippen LogP) is 3.67. The summed E-state index contributed by atoms with van der Waals surface area (Å²) in [6.07, 6.45) is 1.19. The zero-order valence-electron chi connectivity index (χ0n) is 13.9. The maximum Gasteiger partial charge on any atom is 0.105 e. The maximum absolute atomic E-state index is 5.73. The molecular weight excluding hydrogens is 248 g/mol.